The molecule has 0 radical (unpaired) electrons. The minimum atomic E-state index is -0.557. The van der Waals surface area contributed by atoms with Crippen LogP contribution in [-0.4, -0.2) is 53.4 Å². The van der Waals surface area contributed by atoms with Crippen LogP contribution >= 0.6 is 11.6 Å². The number of benzene rings is 1. The summed E-state index contributed by atoms with van der Waals surface area (Å²) in [6, 6.07) is 5.50. The van der Waals surface area contributed by atoms with Crippen LogP contribution in [0, 0.1) is 5.82 Å². The first kappa shape index (κ1) is 17.1. The summed E-state index contributed by atoms with van der Waals surface area (Å²) in [6.45, 7) is 2.46. The average molecular weight is 364 g/mol. The van der Waals surface area contributed by atoms with Crippen molar-refractivity contribution in [1.29, 1.82) is 0 Å². The SMILES string of the molecule is O=CN1CCN(c2cc(C(=O)Nc3ccc(F)c(Cl)c3)ncn2)CC1. The molecular formula is C16H15ClFN5O2. The van der Waals surface area contributed by atoms with Gasteiger partial charge in [-0.3, -0.25) is 9.59 Å². The topological polar surface area (TPSA) is 78.4 Å². The van der Waals surface area contributed by atoms with Crippen molar-refractivity contribution in [2.75, 3.05) is 36.4 Å². The molecule has 2 heterocycles. The highest BCUT2D eigenvalue weighted by atomic mass is 35.5. The first-order valence-electron chi connectivity index (χ1n) is 7.59. The number of hydrogen-bond acceptors (Lipinski definition) is 5. The number of anilines is 2. The number of halogens is 2. The Hall–Kier alpha value is -2.74. The van der Waals surface area contributed by atoms with Crippen molar-refractivity contribution in [1.82, 2.24) is 14.9 Å². The monoisotopic (exact) mass is 363 g/mol. The third kappa shape index (κ3) is 4.03. The Morgan fingerprint density at radius 1 is 1.20 bits per heavy atom. The smallest absolute Gasteiger partial charge is 0.274 e. The van der Waals surface area contributed by atoms with Crippen molar-refractivity contribution >= 4 is 35.4 Å². The summed E-state index contributed by atoms with van der Waals surface area (Å²) in [4.78, 5) is 34.9. The molecule has 1 aliphatic heterocycles. The van der Waals surface area contributed by atoms with Crippen LogP contribution in [0.5, 0.6) is 0 Å². The molecule has 1 aromatic carbocycles. The molecular weight excluding hydrogens is 349 g/mol. The van der Waals surface area contributed by atoms with Crippen molar-refractivity contribution in [3.8, 4) is 0 Å². The molecule has 0 saturated carbocycles. The normalized spacial score (nSPS) is 14.3. The van der Waals surface area contributed by atoms with Gasteiger partial charge in [-0.2, -0.15) is 0 Å². The van der Waals surface area contributed by atoms with Gasteiger partial charge in [-0.15, -0.1) is 0 Å². The van der Waals surface area contributed by atoms with Gasteiger partial charge in [0.1, 0.15) is 23.7 Å². The van der Waals surface area contributed by atoms with Gasteiger partial charge in [0.05, 0.1) is 5.02 Å². The van der Waals surface area contributed by atoms with Crippen LogP contribution in [0.2, 0.25) is 5.02 Å². The molecule has 1 N–H and O–H groups in total. The first-order valence-corrected chi connectivity index (χ1v) is 7.97. The zero-order valence-corrected chi connectivity index (χ0v) is 13.9. The fourth-order valence-corrected chi connectivity index (χ4v) is 2.65. The number of aromatic nitrogens is 2. The number of carbonyl (C=O) groups excluding carboxylic acids is 2. The summed E-state index contributed by atoms with van der Waals surface area (Å²) in [6.07, 6.45) is 2.14. The molecule has 25 heavy (non-hydrogen) atoms. The molecule has 0 aliphatic carbocycles. The van der Waals surface area contributed by atoms with Crippen molar-refractivity contribution in [3.05, 3.63) is 47.1 Å². The minimum absolute atomic E-state index is 0.0748. The van der Waals surface area contributed by atoms with Gasteiger partial charge in [0.15, 0.2) is 0 Å². The van der Waals surface area contributed by atoms with Crippen molar-refractivity contribution in [3.63, 3.8) is 0 Å². The Balaban J connectivity index is 1.71. The highest BCUT2D eigenvalue weighted by Crippen LogP contribution is 2.20. The van der Waals surface area contributed by atoms with Gasteiger partial charge in [-0.25, -0.2) is 14.4 Å². The Kier molecular flexibility index (Phi) is 5.08. The van der Waals surface area contributed by atoms with E-state index in [9.17, 15) is 14.0 Å². The molecule has 9 heteroatoms. The van der Waals surface area contributed by atoms with Crippen LogP contribution in [0.4, 0.5) is 15.9 Å². The van der Waals surface area contributed by atoms with Crippen molar-refractivity contribution < 1.29 is 14.0 Å². The van der Waals surface area contributed by atoms with Gasteiger partial charge < -0.3 is 15.1 Å². The Morgan fingerprint density at radius 3 is 2.64 bits per heavy atom. The predicted octanol–water partition coefficient (Wildman–Crippen LogP) is 1.80. The van der Waals surface area contributed by atoms with Crippen LogP contribution in [-0.2, 0) is 4.79 Å². The lowest BCUT2D eigenvalue weighted by Crippen LogP contribution is -2.46. The number of hydrogen-bond donors (Lipinski definition) is 1. The van der Waals surface area contributed by atoms with E-state index in [1.54, 1.807) is 11.0 Å². The summed E-state index contributed by atoms with van der Waals surface area (Å²) in [5.74, 6) is -0.390. The van der Waals surface area contributed by atoms with Gasteiger partial charge in [0, 0.05) is 37.9 Å². The summed E-state index contributed by atoms with van der Waals surface area (Å²) in [5.41, 5.74) is 0.555. The fraction of sp³-hybridized carbons (Fsp3) is 0.250. The molecule has 2 amide bonds. The fourth-order valence-electron chi connectivity index (χ4n) is 2.47. The second-order valence-electron chi connectivity index (χ2n) is 5.47. The Morgan fingerprint density at radius 2 is 1.96 bits per heavy atom. The first-order chi connectivity index (χ1) is 12.1. The highest BCUT2D eigenvalue weighted by molar-refractivity contribution is 6.31. The van der Waals surface area contributed by atoms with E-state index in [1.165, 1.54) is 24.5 Å². The van der Waals surface area contributed by atoms with Gasteiger partial charge in [0.25, 0.3) is 5.91 Å². The molecule has 0 unspecified atom stereocenters. The Bertz CT molecular complexity index is 796. The van der Waals surface area contributed by atoms with Gasteiger partial charge in [-0.1, -0.05) is 11.6 Å². The lowest BCUT2D eigenvalue weighted by molar-refractivity contribution is -0.118. The van der Waals surface area contributed by atoms with E-state index in [-0.39, 0.29) is 10.7 Å². The Labute approximate surface area is 148 Å². The maximum Gasteiger partial charge on any atom is 0.274 e. The molecule has 0 bridgehead atoms. The molecule has 1 aliphatic rings. The lowest BCUT2D eigenvalue weighted by atomic mass is 10.2. The van der Waals surface area contributed by atoms with E-state index in [1.807, 2.05) is 4.90 Å². The quantitative estimate of drug-likeness (QED) is 0.838. The number of amides is 2. The van der Waals surface area contributed by atoms with Crippen LogP contribution < -0.4 is 10.2 Å². The van der Waals surface area contributed by atoms with E-state index < -0.39 is 11.7 Å². The second kappa shape index (κ2) is 7.43. The highest BCUT2D eigenvalue weighted by Gasteiger charge is 2.18. The molecule has 1 fully saturated rings. The summed E-state index contributed by atoms with van der Waals surface area (Å²) in [7, 11) is 0. The summed E-state index contributed by atoms with van der Waals surface area (Å²) in [5, 5.41) is 2.54. The molecule has 0 atom stereocenters. The average Bonchev–Trinajstić information content (AvgIpc) is 2.65. The number of piperazine rings is 1. The third-order valence-electron chi connectivity index (χ3n) is 3.85. The third-order valence-corrected chi connectivity index (χ3v) is 4.14. The van der Waals surface area contributed by atoms with Gasteiger partial charge in [-0.05, 0) is 18.2 Å². The minimum Gasteiger partial charge on any atom is -0.353 e. The van der Waals surface area contributed by atoms with Gasteiger partial charge in [0.2, 0.25) is 6.41 Å². The standard InChI is InChI=1S/C16H15ClFN5O2/c17-12-7-11(1-2-13(12)18)21-16(25)14-8-15(20-9-19-14)23-5-3-22(10-24)4-6-23/h1-2,7-10H,3-6H2,(H,21,25). The largest absolute Gasteiger partial charge is 0.353 e. The molecule has 2 aromatic rings. The molecule has 3 rings (SSSR count). The van der Waals surface area contributed by atoms with Crippen LogP contribution in [0.1, 0.15) is 10.5 Å². The maximum atomic E-state index is 13.2. The second-order valence-corrected chi connectivity index (χ2v) is 5.88. The van der Waals surface area contributed by atoms with Crippen LogP contribution in [0.3, 0.4) is 0 Å². The maximum absolute atomic E-state index is 13.2. The molecule has 1 aromatic heterocycles. The molecule has 130 valence electrons. The summed E-state index contributed by atoms with van der Waals surface area (Å²) < 4.78 is 13.2. The van der Waals surface area contributed by atoms with Crippen molar-refractivity contribution in [2.24, 2.45) is 0 Å². The zero-order chi connectivity index (χ0) is 17.8. The molecule has 7 nitrogen and oxygen atoms in total. The van der Waals surface area contributed by atoms with Crippen LogP contribution in [0.25, 0.3) is 0 Å². The molecule has 0 spiro atoms. The van der Waals surface area contributed by atoms with Crippen molar-refractivity contribution in [2.45, 2.75) is 0 Å². The number of rotatable bonds is 4. The number of nitrogens with one attached hydrogen (secondary N) is 1. The zero-order valence-electron chi connectivity index (χ0n) is 13.2. The predicted molar refractivity (Wildman–Crippen MR) is 91.2 cm³/mol. The van der Waals surface area contributed by atoms with Crippen LogP contribution in [0.15, 0.2) is 30.6 Å². The van der Waals surface area contributed by atoms with E-state index in [4.69, 9.17) is 11.6 Å². The number of nitrogens with zero attached hydrogens (tertiary/aromatic N) is 4. The van der Waals surface area contributed by atoms with E-state index >= 15 is 0 Å². The summed E-state index contributed by atoms with van der Waals surface area (Å²) >= 11 is 5.71. The molecule has 1 saturated heterocycles. The van der Waals surface area contributed by atoms with E-state index in [0.29, 0.717) is 37.7 Å². The van der Waals surface area contributed by atoms with E-state index in [0.717, 1.165) is 6.41 Å². The van der Waals surface area contributed by atoms with Gasteiger partial charge >= 0.3 is 0 Å². The van der Waals surface area contributed by atoms with E-state index in [2.05, 4.69) is 15.3 Å². The number of carbonyl (C=O) groups is 2. The lowest BCUT2D eigenvalue weighted by Gasteiger charge is -2.33.